The predicted molar refractivity (Wildman–Crippen MR) is 156 cm³/mol. The molecule has 2 aliphatic carbocycles. The molecule has 5 aromatic carbocycles. The van der Waals surface area contributed by atoms with E-state index in [1.54, 1.807) is 0 Å². The van der Waals surface area contributed by atoms with Gasteiger partial charge in [0.15, 0.2) is 0 Å². The van der Waals surface area contributed by atoms with Crippen LogP contribution in [-0.2, 0) is 18.3 Å². The highest BCUT2D eigenvalue weighted by molar-refractivity contribution is 6.32. The fourth-order valence-electron chi connectivity index (χ4n) is 7.91. The summed E-state index contributed by atoms with van der Waals surface area (Å²) >= 11 is 0. The summed E-state index contributed by atoms with van der Waals surface area (Å²) in [5.41, 5.74) is 14.0. The Hall–Kier alpha value is -5.12. The van der Waals surface area contributed by atoms with Gasteiger partial charge in [-0.1, -0.05) is 67.6 Å². The molecule has 0 spiro atoms. The minimum atomic E-state index is -0.0472. The van der Waals surface area contributed by atoms with Crippen LogP contribution in [0.4, 0.5) is 0 Å². The molecule has 2 aliphatic rings. The van der Waals surface area contributed by atoms with Crippen molar-refractivity contribution in [3.05, 3.63) is 113 Å². The third-order valence-corrected chi connectivity index (χ3v) is 9.31. The van der Waals surface area contributed by atoms with Gasteiger partial charge in [-0.05, 0) is 76.1 Å². The fraction of sp³-hybridized carbons (Fsp3) is 0.111. The van der Waals surface area contributed by atoms with Crippen molar-refractivity contribution in [2.45, 2.75) is 25.2 Å². The van der Waals surface area contributed by atoms with Gasteiger partial charge in [0.05, 0.1) is 39.8 Å². The smallest absolute Gasteiger partial charge is 0.0992 e. The summed E-state index contributed by atoms with van der Waals surface area (Å²) in [6.07, 6.45) is 2.00. The van der Waals surface area contributed by atoms with Crippen molar-refractivity contribution in [3.8, 4) is 34.4 Å². The number of nitriles is 2. The zero-order valence-electron chi connectivity index (χ0n) is 21.3. The van der Waals surface area contributed by atoms with Crippen LogP contribution in [0.5, 0.6) is 0 Å². The van der Waals surface area contributed by atoms with Crippen molar-refractivity contribution >= 4 is 38.1 Å². The number of benzene rings is 5. The van der Waals surface area contributed by atoms with Crippen LogP contribution in [0.15, 0.2) is 84.9 Å². The van der Waals surface area contributed by atoms with Gasteiger partial charge >= 0.3 is 0 Å². The largest absolute Gasteiger partial charge is 0.308 e. The molecule has 3 heteroatoms. The van der Waals surface area contributed by atoms with Gasteiger partial charge in [-0.2, -0.15) is 10.5 Å². The summed E-state index contributed by atoms with van der Waals surface area (Å²) in [6.45, 7) is 2.45. The van der Waals surface area contributed by atoms with E-state index in [4.69, 9.17) is 0 Å². The number of rotatable bonds is 0. The van der Waals surface area contributed by atoms with Gasteiger partial charge in [0.2, 0.25) is 0 Å². The molecule has 0 amide bonds. The summed E-state index contributed by atoms with van der Waals surface area (Å²) in [5.74, 6) is 0. The van der Waals surface area contributed by atoms with E-state index >= 15 is 0 Å². The standard InChI is InChI=1S/C36H21N3/c1-36-16-22-6-2-4-8-24(22)30-32-26-12-10-20(18-37)14-28(26)39-29-15-21(19-38)11-13-27(29)33(35(32)39)31(34(30)36)25-9-5-3-7-23(25)17-36/h2-15H,16-17H2,1H3. The van der Waals surface area contributed by atoms with Crippen LogP contribution in [0.25, 0.3) is 60.3 Å². The lowest BCUT2D eigenvalue weighted by Gasteiger charge is -2.43. The summed E-state index contributed by atoms with van der Waals surface area (Å²) < 4.78 is 2.32. The van der Waals surface area contributed by atoms with Crippen LogP contribution >= 0.6 is 0 Å². The van der Waals surface area contributed by atoms with E-state index in [-0.39, 0.29) is 5.41 Å². The second-order valence-electron chi connectivity index (χ2n) is 11.5. The highest BCUT2D eigenvalue weighted by Gasteiger charge is 2.43. The van der Waals surface area contributed by atoms with Crippen molar-refractivity contribution in [2.24, 2.45) is 0 Å². The van der Waals surface area contributed by atoms with Gasteiger partial charge in [-0.3, -0.25) is 0 Å². The van der Waals surface area contributed by atoms with E-state index in [1.807, 2.05) is 24.3 Å². The molecule has 180 valence electrons. The van der Waals surface area contributed by atoms with E-state index in [0.29, 0.717) is 11.1 Å². The molecule has 0 saturated carbocycles. The zero-order valence-corrected chi connectivity index (χ0v) is 21.3. The third-order valence-electron chi connectivity index (χ3n) is 9.31. The van der Waals surface area contributed by atoms with E-state index in [0.717, 1.165) is 34.6 Å². The van der Waals surface area contributed by atoms with Crippen molar-refractivity contribution in [1.82, 2.24) is 4.40 Å². The zero-order chi connectivity index (χ0) is 26.0. The maximum Gasteiger partial charge on any atom is 0.0992 e. The second-order valence-corrected chi connectivity index (χ2v) is 11.5. The Balaban J connectivity index is 1.67. The molecule has 2 aromatic heterocycles. The van der Waals surface area contributed by atoms with Crippen LogP contribution in [0.2, 0.25) is 0 Å². The molecule has 0 fully saturated rings. The quantitative estimate of drug-likeness (QED) is 0.213. The molecule has 7 aromatic rings. The SMILES string of the molecule is CC12Cc3ccccc3-c3c1c(c1c4ccc(C#N)cc4n4c5cc(C#N)ccc5c3c14)-c1ccccc1C2. The maximum atomic E-state index is 9.81. The molecule has 0 bridgehead atoms. The molecule has 0 saturated heterocycles. The molecule has 0 atom stereocenters. The Morgan fingerprint density at radius 3 is 1.64 bits per heavy atom. The monoisotopic (exact) mass is 495 g/mol. The van der Waals surface area contributed by atoms with Crippen LogP contribution < -0.4 is 0 Å². The Labute approximate surface area is 225 Å². The topological polar surface area (TPSA) is 52.0 Å². The van der Waals surface area contributed by atoms with Crippen LogP contribution in [-0.4, -0.2) is 4.40 Å². The van der Waals surface area contributed by atoms with E-state index in [9.17, 15) is 10.5 Å². The first-order valence-corrected chi connectivity index (χ1v) is 13.4. The van der Waals surface area contributed by atoms with E-state index in [1.165, 1.54) is 55.2 Å². The lowest BCUT2D eigenvalue weighted by atomic mass is 9.60. The molecular formula is C36H21N3. The lowest BCUT2D eigenvalue weighted by Crippen LogP contribution is -2.35. The number of aromatic nitrogens is 1. The third kappa shape index (κ3) is 2.38. The fourth-order valence-corrected chi connectivity index (χ4v) is 7.91. The average Bonchev–Trinajstić information content (AvgIpc) is 3.48. The first-order chi connectivity index (χ1) is 19.1. The second kappa shape index (κ2) is 6.84. The highest BCUT2D eigenvalue weighted by Crippen LogP contribution is 2.59. The summed E-state index contributed by atoms with van der Waals surface area (Å²) in [7, 11) is 0. The summed E-state index contributed by atoms with van der Waals surface area (Å²) in [4.78, 5) is 0. The van der Waals surface area contributed by atoms with Crippen molar-refractivity contribution in [3.63, 3.8) is 0 Å². The molecule has 39 heavy (non-hydrogen) atoms. The number of hydrogen-bond acceptors (Lipinski definition) is 2. The molecule has 0 radical (unpaired) electrons. The first-order valence-electron chi connectivity index (χ1n) is 13.4. The van der Waals surface area contributed by atoms with Crippen molar-refractivity contribution in [1.29, 1.82) is 10.5 Å². The highest BCUT2D eigenvalue weighted by atomic mass is 14.9. The molecule has 9 rings (SSSR count). The average molecular weight is 496 g/mol. The summed E-state index contributed by atoms with van der Waals surface area (Å²) in [6, 6.07) is 34.7. The molecule has 0 unspecified atom stereocenters. The Morgan fingerprint density at radius 1 is 0.667 bits per heavy atom. The Morgan fingerprint density at radius 2 is 1.15 bits per heavy atom. The molecule has 2 heterocycles. The molecule has 0 N–H and O–H groups in total. The van der Waals surface area contributed by atoms with Gasteiger partial charge < -0.3 is 4.40 Å². The molecular weight excluding hydrogens is 474 g/mol. The molecule has 0 aliphatic heterocycles. The Bertz CT molecular complexity index is 2160. The lowest BCUT2D eigenvalue weighted by molar-refractivity contribution is 0.458. The van der Waals surface area contributed by atoms with Crippen LogP contribution in [0, 0.1) is 22.7 Å². The first kappa shape index (κ1) is 20.9. The molecule has 3 nitrogen and oxygen atoms in total. The van der Waals surface area contributed by atoms with E-state index in [2.05, 4.69) is 84.1 Å². The number of fused-ring (bicyclic) bond motifs is 12. The minimum absolute atomic E-state index is 0.0472. The van der Waals surface area contributed by atoms with E-state index < -0.39 is 0 Å². The minimum Gasteiger partial charge on any atom is -0.308 e. The van der Waals surface area contributed by atoms with Crippen molar-refractivity contribution < 1.29 is 0 Å². The van der Waals surface area contributed by atoms with Crippen LogP contribution in [0.3, 0.4) is 0 Å². The van der Waals surface area contributed by atoms with Crippen LogP contribution in [0.1, 0.15) is 34.7 Å². The van der Waals surface area contributed by atoms with Crippen molar-refractivity contribution in [2.75, 3.05) is 0 Å². The summed E-state index contributed by atoms with van der Waals surface area (Å²) in [5, 5.41) is 24.5. The normalized spacial score (nSPS) is 14.7. The predicted octanol–water partition coefficient (Wildman–Crippen LogP) is 8.28. The number of nitrogens with zero attached hydrogens (tertiary/aromatic N) is 3. The number of hydrogen-bond donors (Lipinski definition) is 0. The van der Waals surface area contributed by atoms with Gasteiger partial charge in [-0.15, -0.1) is 0 Å². The van der Waals surface area contributed by atoms with Gasteiger partial charge in [0.1, 0.15) is 0 Å². The maximum absolute atomic E-state index is 9.81. The Kier molecular flexibility index (Phi) is 3.66. The van der Waals surface area contributed by atoms with Gasteiger partial charge in [-0.25, -0.2) is 0 Å². The van der Waals surface area contributed by atoms with Gasteiger partial charge in [0, 0.05) is 27.0 Å². The van der Waals surface area contributed by atoms with Gasteiger partial charge in [0.25, 0.3) is 0 Å².